The van der Waals surface area contributed by atoms with Gasteiger partial charge in [-0.2, -0.15) is 0 Å². The van der Waals surface area contributed by atoms with Crippen LogP contribution < -0.4 is 40.2 Å². The van der Waals surface area contributed by atoms with Crippen LogP contribution in [0.5, 0.6) is 23.0 Å². The van der Waals surface area contributed by atoms with Gasteiger partial charge in [-0.15, -0.1) is 27.7 Å². The second kappa shape index (κ2) is 33.7. The summed E-state index contributed by atoms with van der Waals surface area (Å²) in [6.45, 7) is 6.55. The summed E-state index contributed by atoms with van der Waals surface area (Å²) in [5.74, 6) is 3.68. The normalized spacial score (nSPS) is 14.9. The van der Waals surface area contributed by atoms with Crippen LogP contribution in [0.25, 0.3) is 0 Å². The third-order valence-electron chi connectivity index (χ3n) is 9.97. The van der Waals surface area contributed by atoms with Crippen molar-refractivity contribution in [3.05, 3.63) is 167 Å². The molecule has 6 aromatic rings. The summed E-state index contributed by atoms with van der Waals surface area (Å²) in [5, 5.41) is 4.28. The van der Waals surface area contributed by atoms with E-state index in [1.165, 1.54) is 32.9 Å². The van der Waals surface area contributed by atoms with Gasteiger partial charge in [0.25, 0.3) is 0 Å². The van der Waals surface area contributed by atoms with E-state index < -0.39 is 0 Å². The minimum Gasteiger partial charge on any atom is -0.492 e. The molecule has 4 atom stereocenters. The van der Waals surface area contributed by atoms with E-state index in [4.69, 9.17) is 18.9 Å². The van der Waals surface area contributed by atoms with Crippen molar-refractivity contribution in [1.29, 1.82) is 0 Å². The van der Waals surface area contributed by atoms with Gasteiger partial charge in [0, 0.05) is 324 Å². The summed E-state index contributed by atoms with van der Waals surface area (Å²) < 4.78 is 35.1. The number of aryl methyl sites for hydroxylation is 2. The van der Waals surface area contributed by atoms with Gasteiger partial charge in [0.1, 0.15) is 49.4 Å². The van der Waals surface area contributed by atoms with Crippen LogP contribution in [0.1, 0.15) is 33.4 Å². The van der Waals surface area contributed by atoms with Crippen molar-refractivity contribution in [3.63, 3.8) is 0 Å². The Bertz CT molecular complexity index is 2180. The molecule has 0 bridgehead atoms. The maximum Gasteiger partial charge on any atom is 0.192 e. The Morgan fingerprint density at radius 1 is 0.393 bits per heavy atom. The molecule has 0 aliphatic carbocycles. The fraction of sp³-hybridized carbons (Fsp3) is 0.182. The largest absolute Gasteiger partial charge is 0.492 e. The molecule has 5 nitrogen and oxygen atoms in total. The van der Waals surface area contributed by atoms with Gasteiger partial charge in [0.15, 0.2) is 8.46 Å². The molecular weight excluding hydrogens is 1050 g/mol. The molecule has 0 fully saturated rings. The standard InChI is InChI=1S/C15H12O3P2.C15H14O2P2.2C7H8.8Ar/c16-20-12-6-2-4-10-14(12)15(8-18-10)7-17-9-3-1-5-11(19)13(9)15;18-11-5-1-3-9-13(11)15(7-16-9)8-17-10-4-2-6-12(19)14(10)15;2*1-7-5-3-2-4-6-7;;;;;;;;/h1-6H,7-8,19H2;1-6H,7-8,18-19H2;2*2-6H,1H3;;;;;;;;. The zero-order valence-corrected chi connectivity index (χ0v) is 42.6. The summed E-state index contributed by atoms with van der Waals surface area (Å²) in [6.07, 6.45) is 0. The Balaban J connectivity index is 0. The molecule has 6 aromatic carbocycles. The molecule has 4 heterocycles. The molecule has 332 valence electrons. The number of rotatable bonds is 1. The minimum absolute atomic E-state index is 0. The Morgan fingerprint density at radius 2 is 0.672 bits per heavy atom. The molecule has 0 N–H and O–H groups in total. The van der Waals surface area contributed by atoms with E-state index in [2.05, 4.69) is 84.0 Å². The van der Waals surface area contributed by atoms with E-state index >= 15 is 0 Å². The van der Waals surface area contributed by atoms with Crippen LogP contribution in [0.2, 0.25) is 0 Å². The molecule has 0 amide bonds. The zero-order chi connectivity index (χ0) is 37.0. The van der Waals surface area contributed by atoms with Crippen LogP contribution in [-0.2, 0) is 15.4 Å². The molecule has 0 saturated carbocycles. The number of hydrogen-bond donors (Lipinski definition) is 0. The molecule has 0 radical (unpaired) electrons. The SMILES string of the molecule is Cc1ccccc1.Cc1ccccc1.O=Pc1cccc2c1C1(COc3cccc(P)c31)CO2.Pc1cccc2c1C1(CO2)COc2cccc(P)c21.[Ar].[Ar].[Ar].[Ar].[Ar].[Ar].[Ar].[Ar]. The van der Waals surface area contributed by atoms with E-state index in [9.17, 15) is 4.57 Å². The first kappa shape index (κ1) is 69.1. The predicted octanol–water partition coefficient (Wildman–Crippen LogP) is 7.92. The Morgan fingerprint density at radius 3 is 0.951 bits per heavy atom. The third-order valence-corrected chi connectivity index (χ3v) is 12.0. The van der Waals surface area contributed by atoms with Gasteiger partial charge in [-0.1, -0.05) is 114 Å². The molecule has 0 saturated heterocycles. The maximum absolute atomic E-state index is 11.5. The molecule has 0 aromatic heterocycles. The van der Waals surface area contributed by atoms with Gasteiger partial charge in [-0.25, -0.2) is 0 Å². The van der Waals surface area contributed by atoms with Gasteiger partial charge < -0.3 is 18.9 Å². The summed E-state index contributed by atoms with van der Waals surface area (Å²) in [5.41, 5.74) is 6.82. The molecule has 4 aliphatic heterocycles. The van der Waals surface area contributed by atoms with Crippen LogP contribution in [0.3, 0.4) is 0 Å². The molecule has 4 aliphatic rings. The quantitative estimate of drug-likeness (QED) is 0.157. The van der Waals surface area contributed by atoms with Crippen molar-refractivity contribution in [3.8, 4) is 23.0 Å². The predicted molar refractivity (Wildman–Crippen MR) is 227 cm³/mol. The van der Waals surface area contributed by atoms with Gasteiger partial charge in [0.2, 0.25) is 0 Å². The summed E-state index contributed by atoms with van der Waals surface area (Å²) >= 11 is 0. The summed E-state index contributed by atoms with van der Waals surface area (Å²) in [4.78, 5) is 0. The number of benzene rings is 6. The van der Waals surface area contributed by atoms with Crippen molar-refractivity contribution < 1.29 is 325 Å². The molecule has 2 spiro atoms. The summed E-state index contributed by atoms with van der Waals surface area (Å²) in [7, 11) is 8.43. The maximum atomic E-state index is 11.5. The Kier molecular flexibility index (Phi) is 38.1. The van der Waals surface area contributed by atoms with Crippen molar-refractivity contribution in [2.24, 2.45) is 0 Å². The first-order chi connectivity index (χ1) is 25.8. The average molecular weight is 1090 g/mol. The molecular formula is C44H42Ar8O5P4. The van der Waals surface area contributed by atoms with Crippen LogP contribution in [0.4, 0.5) is 0 Å². The fourth-order valence-corrected chi connectivity index (χ4v) is 9.67. The zero-order valence-electron chi connectivity index (χ0n) is 32.6. The number of ether oxygens (including phenoxy) is 4. The monoisotopic (exact) mass is 1090 g/mol. The van der Waals surface area contributed by atoms with E-state index in [-0.39, 0.29) is 321 Å². The van der Waals surface area contributed by atoms with Crippen molar-refractivity contribution in [2.45, 2.75) is 24.7 Å². The van der Waals surface area contributed by atoms with Gasteiger partial charge in [-0.3, -0.25) is 4.57 Å². The molecule has 10 rings (SSSR count). The Labute approximate surface area is 609 Å². The molecule has 4 unspecified atom stereocenters. The first-order valence-electron chi connectivity index (χ1n) is 17.5. The first-order valence-corrected chi connectivity index (χ1v) is 20.0. The van der Waals surface area contributed by atoms with Crippen molar-refractivity contribution >= 4 is 57.4 Å². The number of hydrogen-bond acceptors (Lipinski definition) is 5. The van der Waals surface area contributed by atoms with Crippen molar-refractivity contribution in [2.75, 3.05) is 26.4 Å². The van der Waals surface area contributed by atoms with Crippen LogP contribution in [0.15, 0.2) is 133 Å². The van der Waals surface area contributed by atoms with Gasteiger partial charge >= 0.3 is 0 Å². The third kappa shape index (κ3) is 16.5. The van der Waals surface area contributed by atoms with Crippen molar-refractivity contribution in [1.82, 2.24) is 0 Å². The van der Waals surface area contributed by atoms with Gasteiger partial charge in [-0.05, 0) is 60.1 Å². The van der Waals surface area contributed by atoms with E-state index in [0.29, 0.717) is 26.4 Å². The van der Waals surface area contributed by atoms with E-state index in [1.807, 2.05) is 91.0 Å². The van der Waals surface area contributed by atoms with Crippen LogP contribution >= 0.6 is 36.2 Å². The number of fused-ring (bicyclic) bond motifs is 8. The van der Waals surface area contributed by atoms with Crippen LogP contribution in [-0.4, -0.2) is 26.4 Å². The molecule has 17 heteroatoms. The summed E-state index contributed by atoms with van der Waals surface area (Å²) in [6, 6.07) is 44.6. The smallest absolute Gasteiger partial charge is 0.192 e. The van der Waals surface area contributed by atoms with E-state index in [1.54, 1.807) is 0 Å². The van der Waals surface area contributed by atoms with Gasteiger partial charge in [0.05, 0.1) is 16.1 Å². The molecule has 61 heavy (non-hydrogen) atoms. The topological polar surface area (TPSA) is 54.0 Å². The van der Waals surface area contributed by atoms with Crippen LogP contribution in [0, 0.1) is 316 Å². The van der Waals surface area contributed by atoms with E-state index in [0.717, 1.165) is 44.7 Å². The Hall–Kier alpha value is 5.99. The minimum atomic E-state index is -0.336. The second-order valence-electron chi connectivity index (χ2n) is 13.5. The fourth-order valence-electron chi connectivity index (χ4n) is 7.52. The average Bonchev–Trinajstić information content (AvgIpc) is 3.96. The second-order valence-corrected chi connectivity index (χ2v) is 16.1.